The van der Waals surface area contributed by atoms with Gasteiger partial charge in [0.25, 0.3) is 0 Å². The van der Waals surface area contributed by atoms with Crippen LogP contribution in [0.5, 0.6) is 5.75 Å². The van der Waals surface area contributed by atoms with Gasteiger partial charge in [-0.25, -0.2) is 4.79 Å². The van der Waals surface area contributed by atoms with Crippen LogP contribution >= 0.6 is 0 Å². The third-order valence-corrected chi connectivity index (χ3v) is 2.52. The van der Waals surface area contributed by atoms with Gasteiger partial charge in [0, 0.05) is 6.54 Å². The molecule has 1 heterocycles. The molecule has 0 saturated carbocycles. The number of carboxylic acid groups (broad SMARTS) is 1. The van der Waals surface area contributed by atoms with E-state index < -0.39 is 5.97 Å². The SMILES string of the molecule is COc1ccccc1-n1nc(NCCO)c(C(=O)O)n1. The maximum atomic E-state index is 11.1. The Hall–Kier alpha value is -2.61. The molecule has 0 aliphatic carbocycles. The smallest absolute Gasteiger partial charge is 0.360 e. The highest BCUT2D eigenvalue weighted by molar-refractivity contribution is 5.90. The summed E-state index contributed by atoms with van der Waals surface area (Å²) in [6.45, 7) is 0.0471. The maximum Gasteiger partial charge on any atom is 0.360 e. The summed E-state index contributed by atoms with van der Waals surface area (Å²) in [5.74, 6) is -0.586. The van der Waals surface area contributed by atoms with E-state index >= 15 is 0 Å². The number of aromatic carboxylic acids is 1. The van der Waals surface area contributed by atoms with Crippen molar-refractivity contribution in [3.8, 4) is 11.4 Å². The standard InChI is InChI=1S/C12H14N4O4/c1-20-9-5-3-2-4-8(9)16-14-10(12(18)19)11(15-16)13-6-7-17/h2-5,17H,6-7H2,1H3,(H,13,15)(H,18,19). The highest BCUT2D eigenvalue weighted by atomic mass is 16.5. The van der Waals surface area contributed by atoms with E-state index in [4.69, 9.17) is 14.9 Å². The van der Waals surface area contributed by atoms with E-state index in [0.717, 1.165) is 0 Å². The van der Waals surface area contributed by atoms with Crippen molar-refractivity contribution in [2.75, 3.05) is 25.6 Å². The van der Waals surface area contributed by atoms with Gasteiger partial charge in [-0.2, -0.15) is 0 Å². The Labute approximate surface area is 114 Å². The molecular formula is C12H14N4O4. The molecule has 8 nitrogen and oxygen atoms in total. The van der Waals surface area contributed by atoms with Crippen molar-refractivity contribution < 1.29 is 19.7 Å². The number of rotatable bonds is 6. The molecule has 2 rings (SSSR count). The molecule has 0 atom stereocenters. The van der Waals surface area contributed by atoms with Crippen molar-refractivity contribution in [3.63, 3.8) is 0 Å². The lowest BCUT2D eigenvalue weighted by atomic mass is 10.3. The highest BCUT2D eigenvalue weighted by Gasteiger charge is 2.19. The molecular weight excluding hydrogens is 264 g/mol. The van der Waals surface area contributed by atoms with Crippen LogP contribution in [0.4, 0.5) is 5.82 Å². The van der Waals surface area contributed by atoms with Gasteiger partial charge in [0.1, 0.15) is 11.4 Å². The average Bonchev–Trinajstić information content (AvgIpc) is 2.89. The summed E-state index contributed by atoms with van der Waals surface area (Å²) in [6.07, 6.45) is 0. The summed E-state index contributed by atoms with van der Waals surface area (Å²) < 4.78 is 5.18. The Kier molecular flexibility index (Phi) is 4.16. The number of aromatic nitrogens is 3. The number of nitrogens with one attached hydrogen (secondary N) is 1. The Balaban J connectivity index is 2.44. The molecule has 1 aromatic carbocycles. The van der Waals surface area contributed by atoms with Crippen LogP contribution in [0.2, 0.25) is 0 Å². The van der Waals surface area contributed by atoms with Gasteiger partial charge in [-0.05, 0) is 12.1 Å². The first-order valence-electron chi connectivity index (χ1n) is 5.86. The summed E-state index contributed by atoms with van der Waals surface area (Å²) in [6, 6.07) is 6.98. The molecule has 0 radical (unpaired) electrons. The number of carbonyl (C=O) groups is 1. The van der Waals surface area contributed by atoms with Gasteiger partial charge in [-0.15, -0.1) is 15.0 Å². The second-order valence-corrected chi connectivity index (χ2v) is 3.81. The number of ether oxygens (including phenoxy) is 1. The van der Waals surface area contributed by atoms with Crippen LogP contribution in [0.1, 0.15) is 10.5 Å². The summed E-state index contributed by atoms with van der Waals surface area (Å²) in [5, 5.41) is 28.6. The topological polar surface area (TPSA) is 110 Å². The first kappa shape index (κ1) is 13.8. The van der Waals surface area contributed by atoms with E-state index in [1.54, 1.807) is 24.3 Å². The fourth-order valence-electron chi connectivity index (χ4n) is 1.65. The maximum absolute atomic E-state index is 11.1. The zero-order chi connectivity index (χ0) is 14.5. The van der Waals surface area contributed by atoms with Crippen LogP contribution in [-0.4, -0.2) is 51.4 Å². The van der Waals surface area contributed by atoms with E-state index in [-0.39, 0.29) is 24.7 Å². The molecule has 106 valence electrons. The number of methoxy groups -OCH3 is 1. The number of hydrogen-bond acceptors (Lipinski definition) is 6. The lowest BCUT2D eigenvalue weighted by Crippen LogP contribution is -2.09. The lowest BCUT2D eigenvalue weighted by molar-refractivity contribution is 0.0691. The average molecular weight is 278 g/mol. The molecule has 3 N–H and O–H groups in total. The number of para-hydroxylation sites is 2. The first-order chi connectivity index (χ1) is 9.67. The van der Waals surface area contributed by atoms with Gasteiger partial charge < -0.3 is 20.3 Å². The molecule has 0 fully saturated rings. The van der Waals surface area contributed by atoms with Crippen LogP contribution < -0.4 is 10.1 Å². The fraction of sp³-hybridized carbons (Fsp3) is 0.250. The second kappa shape index (κ2) is 6.02. The largest absolute Gasteiger partial charge is 0.494 e. The lowest BCUT2D eigenvalue weighted by Gasteiger charge is -2.05. The quantitative estimate of drug-likeness (QED) is 0.700. The molecule has 8 heteroatoms. The number of nitrogens with zero attached hydrogens (tertiary/aromatic N) is 3. The van der Waals surface area contributed by atoms with E-state index in [2.05, 4.69) is 15.5 Å². The Morgan fingerprint density at radius 1 is 1.40 bits per heavy atom. The van der Waals surface area contributed by atoms with Crippen molar-refractivity contribution in [1.29, 1.82) is 0 Å². The molecule has 0 saturated heterocycles. The van der Waals surface area contributed by atoms with Crippen molar-refractivity contribution in [2.24, 2.45) is 0 Å². The number of hydrogen-bond donors (Lipinski definition) is 3. The van der Waals surface area contributed by atoms with Gasteiger partial charge in [0.15, 0.2) is 5.82 Å². The Bertz CT molecular complexity index is 611. The number of carboxylic acids is 1. The van der Waals surface area contributed by atoms with Crippen LogP contribution in [0, 0.1) is 0 Å². The second-order valence-electron chi connectivity index (χ2n) is 3.81. The zero-order valence-electron chi connectivity index (χ0n) is 10.8. The predicted molar refractivity (Wildman–Crippen MR) is 70.4 cm³/mol. The molecule has 0 unspecified atom stereocenters. The number of benzene rings is 1. The van der Waals surface area contributed by atoms with E-state index in [0.29, 0.717) is 11.4 Å². The summed E-state index contributed by atoms with van der Waals surface area (Å²) >= 11 is 0. The molecule has 0 aliphatic rings. The minimum absolute atomic E-state index is 0.0949. The summed E-state index contributed by atoms with van der Waals surface area (Å²) in [5.41, 5.74) is 0.305. The van der Waals surface area contributed by atoms with E-state index in [1.807, 2.05) is 0 Å². The van der Waals surface area contributed by atoms with Gasteiger partial charge in [-0.3, -0.25) is 0 Å². The van der Waals surface area contributed by atoms with E-state index in [9.17, 15) is 4.79 Å². The predicted octanol–water partition coefficient (Wildman–Crippen LogP) is 0.378. The summed E-state index contributed by atoms with van der Waals surface area (Å²) in [7, 11) is 1.51. The van der Waals surface area contributed by atoms with Crippen molar-refractivity contribution in [1.82, 2.24) is 15.0 Å². The number of anilines is 1. The van der Waals surface area contributed by atoms with Gasteiger partial charge >= 0.3 is 5.97 Å². The Morgan fingerprint density at radius 2 is 2.15 bits per heavy atom. The molecule has 2 aromatic rings. The zero-order valence-corrected chi connectivity index (χ0v) is 10.8. The van der Waals surface area contributed by atoms with Gasteiger partial charge in [0.2, 0.25) is 5.69 Å². The Morgan fingerprint density at radius 3 is 2.80 bits per heavy atom. The van der Waals surface area contributed by atoms with Gasteiger partial charge in [-0.1, -0.05) is 12.1 Å². The molecule has 20 heavy (non-hydrogen) atoms. The molecule has 0 spiro atoms. The first-order valence-corrected chi connectivity index (χ1v) is 5.86. The number of aliphatic hydroxyl groups is 1. The normalized spacial score (nSPS) is 10.3. The van der Waals surface area contributed by atoms with Crippen molar-refractivity contribution in [3.05, 3.63) is 30.0 Å². The molecule has 1 aromatic heterocycles. The third-order valence-electron chi connectivity index (χ3n) is 2.52. The molecule has 0 aliphatic heterocycles. The minimum atomic E-state index is -1.20. The van der Waals surface area contributed by atoms with Gasteiger partial charge in [0.05, 0.1) is 13.7 Å². The molecule has 0 amide bonds. The number of aliphatic hydroxyl groups excluding tert-OH is 1. The molecule has 0 bridgehead atoms. The minimum Gasteiger partial charge on any atom is -0.494 e. The van der Waals surface area contributed by atoms with Crippen molar-refractivity contribution >= 4 is 11.8 Å². The van der Waals surface area contributed by atoms with Crippen LogP contribution in [-0.2, 0) is 0 Å². The fourth-order valence-corrected chi connectivity index (χ4v) is 1.65. The van der Waals surface area contributed by atoms with Crippen molar-refractivity contribution in [2.45, 2.75) is 0 Å². The van der Waals surface area contributed by atoms with Crippen LogP contribution in [0.25, 0.3) is 5.69 Å². The third kappa shape index (κ3) is 2.69. The van der Waals surface area contributed by atoms with Crippen LogP contribution in [0.3, 0.4) is 0 Å². The monoisotopic (exact) mass is 278 g/mol. The van der Waals surface area contributed by atoms with E-state index in [1.165, 1.54) is 11.9 Å². The summed E-state index contributed by atoms with van der Waals surface area (Å²) in [4.78, 5) is 12.3. The van der Waals surface area contributed by atoms with Crippen LogP contribution in [0.15, 0.2) is 24.3 Å². The highest BCUT2D eigenvalue weighted by Crippen LogP contribution is 2.22.